The predicted octanol–water partition coefficient (Wildman–Crippen LogP) is 2.37. The highest BCUT2D eigenvalue weighted by molar-refractivity contribution is 6.31. The smallest absolute Gasteiger partial charge is 0.241 e. The summed E-state index contributed by atoms with van der Waals surface area (Å²) in [5.41, 5.74) is 1.64. The molecule has 0 saturated carbocycles. The molecule has 1 aromatic rings. The zero-order valence-corrected chi connectivity index (χ0v) is 12.5. The number of amides is 1. The molecular formula is C12H19Cl2N3O. The van der Waals surface area contributed by atoms with Crippen LogP contribution >= 0.6 is 24.0 Å². The predicted molar refractivity (Wildman–Crippen MR) is 80.2 cm³/mol. The fourth-order valence-corrected chi connectivity index (χ4v) is 1.54. The fraction of sp³-hybridized carbons (Fsp3) is 0.417. The maximum atomic E-state index is 11.8. The topological polar surface area (TPSA) is 44.4 Å². The average molecular weight is 292 g/mol. The zero-order chi connectivity index (χ0) is 13.0. The lowest BCUT2D eigenvalue weighted by atomic mass is 10.2. The second-order valence-electron chi connectivity index (χ2n) is 4.06. The van der Waals surface area contributed by atoms with Crippen LogP contribution in [0.15, 0.2) is 18.2 Å². The van der Waals surface area contributed by atoms with Gasteiger partial charge in [-0.1, -0.05) is 11.6 Å². The molecule has 4 nitrogen and oxygen atoms in total. The Morgan fingerprint density at radius 2 is 2.00 bits per heavy atom. The Hall–Kier alpha value is -0.970. The minimum absolute atomic E-state index is 0. The molecule has 6 heteroatoms. The monoisotopic (exact) mass is 291 g/mol. The molecule has 1 atom stereocenters. The lowest BCUT2D eigenvalue weighted by Crippen LogP contribution is -2.35. The molecule has 1 amide bonds. The van der Waals surface area contributed by atoms with E-state index < -0.39 is 0 Å². The van der Waals surface area contributed by atoms with Gasteiger partial charge in [-0.3, -0.25) is 4.79 Å². The first-order valence-electron chi connectivity index (χ1n) is 5.40. The number of hydrogen-bond acceptors (Lipinski definition) is 3. The number of likely N-dealkylation sites (N-methyl/N-ethyl adjacent to an activating group) is 1. The summed E-state index contributed by atoms with van der Waals surface area (Å²) in [6, 6.07) is 5.18. The molecule has 102 valence electrons. The van der Waals surface area contributed by atoms with Crippen LogP contribution in [0.1, 0.15) is 6.92 Å². The van der Waals surface area contributed by atoms with Gasteiger partial charge in [0.2, 0.25) is 5.91 Å². The Morgan fingerprint density at radius 1 is 1.39 bits per heavy atom. The van der Waals surface area contributed by atoms with Crippen molar-refractivity contribution in [3.8, 4) is 0 Å². The van der Waals surface area contributed by atoms with Gasteiger partial charge in [0.15, 0.2) is 0 Å². The zero-order valence-electron chi connectivity index (χ0n) is 11.0. The highest BCUT2D eigenvalue weighted by Crippen LogP contribution is 2.27. The van der Waals surface area contributed by atoms with E-state index in [1.54, 1.807) is 26.1 Å². The van der Waals surface area contributed by atoms with Crippen LogP contribution in [0.25, 0.3) is 0 Å². The Balaban J connectivity index is 0.00000289. The van der Waals surface area contributed by atoms with Gasteiger partial charge in [0.25, 0.3) is 0 Å². The van der Waals surface area contributed by atoms with Crippen LogP contribution in [0.2, 0.25) is 5.02 Å². The number of halogens is 2. The van der Waals surface area contributed by atoms with E-state index in [1.165, 1.54) is 0 Å². The third-order valence-electron chi connectivity index (χ3n) is 2.52. The molecule has 0 aromatic heterocycles. The summed E-state index contributed by atoms with van der Waals surface area (Å²) in [5.74, 6) is -0.0853. The molecule has 0 radical (unpaired) electrons. The lowest BCUT2D eigenvalue weighted by Gasteiger charge is -2.19. The van der Waals surface area contributed by atoms with E-state index in [2.05, 4.69) is 10.6 Å². The summed E-state index contributed by atoms with van der Waals surface area (Å²) in [7, 11) is 5.58. The summed E-state index contributed by atoms with van der Waals surface area (Å²) in [6.45, 7) is 1.80. The number of nitrogens with zero attached hydrogens (tertiary/aromatic N) is 1. The molecule has 0 bridgehead atoms. The molecule has 1 rings (SSSR count). The molecule has 0 spiro atoms. The third-order valence-corrected chi connectivity index (χ3v) is 2.76. The summed E-state index contributed by atoms with van der Waals surface area (Å²) in [4.78, 5) is 13.7. The number of carbonyl (C=O) groups excluding carboxylic acids is 1. The largest absolute Gasteiger partial charge is 0.376 e. The van der Waals surface area contributed by atoms with Crippen LogP contribution in [0.5, 0.6) is 0 Å². The van der Waals surface area contributed by atoms with Gasteiger partial charge in [-0.2, -0.15) is 0 Å². The lowest BCUT2D eigenvalue weighted by molar-refractivity contribution is -0.117. The molecule has 0 aliphatic heterocycles. The minimum atomic E-state index is -0.246. The number of benzene rings is 1. The van der Waals surface area contributed by atoms with Gasteiger partial charge in [0.1, 0.15) is 0 Å². The number of nitrogens with one attached hydrogen (secondary N) is 2. The Kier molecular flexibility index (Phi) is 7.06. The van der Waals surface area contributed by atoms with E-state index >= 15 is 0 Å². The molecule has 2 N–H and O–H groups in total. The standard InChI is InChI=1S/C12H18ClN3O.ClH/c1-8(14-2)12(17)15-10-7-9(13)5-6-11(10)16(3)4;/h5-8,14H,1-4H3,(H,15,17);1H/t8-;/m0./s1. The second-order valence-corrected chi connectivity index (χ2v) is 4.49. The van der Waals surface area contributed by atoms with Gasteiger partial charge in [0.05, 0.1) is 17.4 Å². The van der Waals surface area contributed by atoms with Gasteiger partial charge in [-0.15, -0.1) is 12.4 Å². The molecule has 0 unspecified atom stereocenters. The quantitative estimate of drug-likeness (QED) is 0.895. The van der Waals surface area contributed by atoms with E-state index in [1.807, 2.05) is 25.1 Å². The second kappa shape index (κ2) is 7.46. The van der Waals surface area contributed by atoms with E-state index in [-0.39, 0.29) is 24.4 Å². The van der Waals surface area contributed by atoms with Gasteiger partial charge < -0.3 is 15.5 Å². The van der Waals surface area contributed by atoms with Crippen molar-refractivity contribution in [1.29, 1.82) is 0 Å². The van der Waals surface area contributed by atoms with E-state index in [0.29, 0.717) is 5.02 Å². The SMILES string of the molecule is CN[C@@H](C)C(=O)Nc1cc(Cl)ccc1N(C)C.Cl. The van der Waals surface area contributed by atoms with Crippen LogP contribution in [-0.4, -0.2) is 33.1 Å². The van der Waals surface area contributed by atoms with Crippen LogP contribution in [-0.2, 0) is 4.79 Å². The highest BCUT2D eigenvalue weighted by Gasteiger charge is 2.13. The van der Waals surface area contributed by atoms with Crippen molar-refractivity contribution in [3.63, 3.8) is 0 Å². The first-order chi connectivity index (χ1) is 7.95. The highest BCUT2D eigenvalue weighted by atomic mass is 35.5. The maximum absolute atomic E-state index is 11.8. The molecule has 18 heavy (non-hydrogen) atoms. The van der Waals surface area contributed by atoms with E-state index in [9.17, 15) is 4.79 Å². The van der Waals surface area contributed by atoms with Crippen LogP contribution < -0.4 is 15.5 Å². The summed E-state index contributed by atoms with van der Waals surface area (Å²) < 4.78 is 0. The first-order valence-corrected chi connectivity index (χ1v) is 5.78. The molecule has 0 aliphatic rings. The average Bonchev–Trinajstić information content (AvgIpc) is 2.27. The Labute approximate surface area is 119 Å². The molecule has 0 heterocycles. The molecular weight excluding hydrogens is 273 g/mol. The van der Waals surface area contributed by atoms with Crippen molar-refractivity contribution in [2.24, 2.45) is 0 Å². The summed E-state index contributed by atoms with van der Waals surface area (Å²) in [5, 5.41) is 6.35. The molecule has 0 saturated heterocycles. The summed E-state index contributed by atoms with van der Waals surface area (Å²) in [6.07, 6.45) is 0. The van der Waals surface area contributed by atoms with Gasteiger partial charge in [0, 0.05) is 19.1 Å². The van der Waals surface area contributed by atoms with E-state index in [0.717, 1.165) is 11.4 Å². The minimum Gasteiger partial charge on any atom is -0.376 e. The Bertz CT molecular complexity index is 410. The number of rotatable bonds is 4. The van der Waals surface area contributed by atoms with Gasteiger partial charge in [-0.05, 0) is 32.2 Å². The van der Waals surface area contributed by atoms with Crippen molar-refractivity contribution in [2.45, 2.75) is 13.0 Å². The Morgan fingerprint density at radius 3 is 2.50 bits per heavy atom. The molecule has 0 fully saturated rings. The van der Waals surface area contributed by atoms with Crippen LogP contribution in [0.3, 0.4) is 0 Å². The molecule has 1 aromatic carbocycles. The van der Waals surface area contributed by atoms with Crippen LogP contribution in [0.4, 0.5) is 11.4 Å². The van der Waals surface area contributed by atoms with Crippen molar-refractivity contribution in [3.05, 3.63) is 23.2 Å². The third kappa shape index (κ3) is 4.37. The van der Waals surface area contributed by atoms with Crippen molar-refractivity contribution >= 4 is 41.3 Å². The van der Waals surface area contributed by atoms with Crippen LogP contribution in [0, 0.1) is 0 Å². The van der Waals surface area contributed by atoms with Crippen molar-refractivity contribution in [2.75, 3.05) is 31.4 Å². The fourth-order valence-electron chi connectivity index (χ4n) is 1.37. The first kappa shape index (κ1) is 17.0. The number of carbonyl (C=O) groups is 1. The summed E-state index contributed by atoms with van der Waals surface area (Å²) >= 11 is 5.93. The number of anilines is 2. The maximum Gasteiger partial charge on any atom is 0.241 e. The molecule has 0 aliphatic carbocycles. The normalized spacial score (nSPS) is 11.4. The van der Waals surface area contributed by atoms with Crippen molar-refractivity contribution in [1.82, 2.24) is 5.32 Å². The van der Waals surface area contributed by atoms with Gasteiger partial charge in [-0.25, -0.2) is 0 Å². The van der Waals surface area contributed by atoms with Crippen molar-refractivity contribution < 1.29 is 4.79 Å². The van der Waals surface area contributed by atoms with E-state index in [4.69, 9.17) is 11.6 Å². The van der Waals surface area contributed by atoms with Gasteiger partial charge >= 0.3 is 0 Å². The number of hydrogen-bond donors (Lipinski definition) is 2.